The van der Waals surface area contributed by atoms with Crippen molar-refractivity contribution in [2.24, 2.45) is 5.92 Å². The van der Waals surface area contributed by atoms with Crippen molar-refractivity contribution >= 4 is 5.78 Å². The van der Waals surface area contributed by atoms with Gasteiger partial charge in [-0.15, -0.1) is 0 Å². The van der Waals surface area contributed by atoms with Crippen LogP contribution in [0.25, 0.3) is 0 Å². The molecule has 72 valence electrons. The zero-order chi connectivity index (χ0) is 9.47. The molecule has 0 atom stereocenters. The number of rotatable bonds is 3. The molecule has 2 aliphatic carbocycles. The minimum absolute atomic E-state index is 0.191. The van der Waals surface area contributed by atoms with E-state index in [-0.39, 0.29) is 11.3 Å². The Labute approximate surface area is 79.4 Å². The van der Waals surface area contributed by atoms with Gasteiger partial charge in [0.1, 0.15) is 0 Å². The third-order valence-electron chi connectivity index (χ3n) is 3.06. The molecule has 1 N–H and O–H groups in total. The largest absolute Gasteiger partial charge is 0.383 e. The molecule has 1 saturated carbocycles. The Balaban J connectivity index is 1.96. The third kappa shape index (κ3) is 1.93. The van der Waals surface area contributed by atoms with Crippen molar-refractivity contribution in [2.45, 2.75) is 45.1 Å². The van der Waals surface area contributed by atoms with Gasteiger partial charge in [0.25, 0.3) is 0 Å². The predicted octanol–water partition coefficient (Wildman–Crippen LogP) is 2.01. The summed E-state index contributed by atoms with van der Waals surface area (Å²) >= 11 is 0. The molecule has 0 spiro atoms. The second kappa shape index (κ2) is 2.86. The lowest BCUT2D eigenvalue weighted by Gasteiger charge is -2.28. The lowest BCUT2D eigenvalue weighted by Crippen LogP contribution is -2.40. The number of nitrogens with one attached hydrogen (secondary N) is 1. The van der Waals surface area contributed by atoms with Gasteiger partial charge in [-0.1, -0.05) is 0 Å². The Bertz CT molecular complexity index is 261. The van der Waals surface area contributed by atoms with Crippen LogP contribution < -0.4 is 5.32 Å². The Morgan fingerprint density at radius 2 is 2.08 bits per heavy atom. The van der Waals surface area contributed by atoms with Gasteiger partial charge in [0, 0.05) is 23.7 Å². The van der Waals surface area contributed by atoms with Gasteiger partial charge < -0.3 is 5.32 Å². The number of carbonyl (C=O) groups excluding carboxylic acids is 1. The first kappa shape index (κ1) is 8.79. The molecule has 0 aromatic rings. The summed E-state index contributed by atoms with van der Waals surface area (Å²) < 4.78 is 0. The second-order valence-electron chi connectivity index (χ2n) is 4.76. The van der Waals surface area contributed by atoms with Crippen molar-refractivity contribution in [2.75, 3.05) is 0 Å². The van der Waals surface area contributed by atoms with E-state index >= 15 is 0 Å². The monoisotopic (exact) mass is 179 g/mol. The summed E-state index contributed by atoms with van der Waals surface area (Å²) in [5.74, 6) is 1.08. The number of allylic oxidation sites excluding steroid dienone is 2. The molecule has 0 amide bonds. The van der Waals surface area contributed by atoms with Crippen molar-refractivity contribution in [3.63, 3.8) is 0 Å². The molecule has 0 unspecified atom stereocenters. The van der Waals surface area contributed by atoms with Crippen LogP contribution in [0, 0.1) is 5.92 Å². The maximum absolute atomic E-state index is 11.0. The van der Waals surface area contributed by atoms with E-state index in [4.69, 9.17) is 0 Å². The van der Waals surface area contributed by atoms with Crippen LogP contribution in [0.4, 0.5) is 0 Å². The van der Waals surface area contributed by atoms with Gasteiger partial charge in [0.2, 0.25) is 0 Å². The Kier molecular flexibility index (Phi) is 1.94. The summed E-state index contributed by atoms with van der Waals surface area (Å²) in [4.78, 5) is 11.0. The molecule has 0 aromatic heterocycles. The Morgan fingerprint density at radius 3 is 2.54 bits per heavy atom. The molecule has 1 fully saturated rings. The van der Waals surface area contributed by atoms with E-state index < -0.39 is 0 Å². The first-order valence-corrected chi connectivity index (χ1v) is 5.09. The third-order valence-corrected chi connectivity index (χ3v) is 3.06. The van der Waals surface area contributed by atoms with Gasteiger partial charge in [-0.3, -0.25) is 4.79 Å². The molecule has 2 heteroatoms. The topological polar surface area (TPSA) is 29.1 Å². The molecule has 2 nitrogen and oxygen atoms in total. The zero-order valence-corrected chi connectivity index (χ0v) is 8.39. The smallest absolute Gasteiger partial charge is 0.157 e. The Morgan fingerprint density at radius 1 is 1.38 bits per heavy atom. The van der Waals surface area contributed by atoms with Crippen LogP contribution in [0.5, 0.6) is 0 Å². The van der Waals surface area contributed by atoms with Gasteiger partial charge in [-0.25, -0.2) is 0 Å². The lowest BCUT2D eigenvalue weighted by molar-refractivity contribution is -0.114. The Hall–Kier alpha value is -0.790. The van der Waals surface area contributed by atoms with E-state index in [1.54, 1.807) is 6.08 Å². The molecule has 0 radical (unpaired) electrons. The van der Waals surface area contributed by atoms with Gasteiger partial charge in [-0.05, 0) is 39.0 Å². The first-order valence-electron chi connectivity index (χ1n) is 5.09. The van der Waals surface area contributed by atoms with Crippen LogP contribution in [-0.4, -0.2) is 11.3 Å². The van der Waals surface area contributed by atoms with E-state index in [2.05, 4.69) is 19.2 Å². The highest BCUT2D eigenvalue weighted by molar-refractivity contribution is 5.92. The maximum atomic E-state index is 11.0. The van der Waals surface area contributed by atoms with Crippen molar-refractivity contribution in [3.05, 3.63) is 11.8 Å². The van der Waals surface area contributed by atoms with E-state index in [0.717, 1.165) is 18.0 Å². The normalized spacial score (nSPS) is 23.2. The average molecular weight is 179 g/mol. The predicted molar refractivity (Wildman–Crippen MR) is 52.3 cm³/mol. The highest BCUT2D eigenvalue weighted by Crippen LogP contribution is 2.40. The van der Waals surface area contributed by atoms with Crippen molar-refractivity contribution in [1.82, 2.24) is 5.32 Å². The number of carbonyl (C=O) groups is 1. The summed E-state index contributed by atoms with van der Waals surface area (Å²) in [6.45, 7) is 4.46. The van der Waals surface area contributed by atoms with E-state index in [1.807, 2.05) is 0 Å². The van der Waals surface area contributed by atoms with Crippen LogP contribution in [0.3, 0.4) is 0 Å². The summed E-state index contributed by atoms with van der Waals surface area (Å²) in [5.41, 5.74) is 1.33. The highest BCUT2D eigenvalue weighted by Gasteiger charge is 2.38. The van der Waals surface area contributed by atoms with Gasteiger partial charge in [0.15, 0.2) is 5.78 Å². The SMILES string of the molecule is CC(C)(NC1=CC(=O)CC1)C1CC1. The quantitative estimate of drug-likeness (QED) is 0.718. The van der Waals surface area contributed by atoms with Crippen LogP contribution in [-0.2, 0) is 4.79 Å². The molecule has 0 aliphatic heterocycles. The second-order valence-corrected chi connectivity index (χ2v) is 4.76. The summed E-state index contributed by atoms with van der Waals surface area (Å²) in [6.07, 6.45) is 6.05. The molecule has 13 heavy (non-hydrogen) atoms. The molecule has 0 heterocycles. The number of ketones is 1. The minimum atomic E-state index is 0.191. The molecule has 0 bridgehead atoms. The summed E-state index contributed by atoms with van der Waals surface area (Å²) in [7, 11) is 0. The standard InChI is InChI=1S/C11H17NO/c1-11(2,8-3-4-8)12-9-5-6-10(13)7-9/h7-8,12H,3-6H2,1-2H3. The van der Waals surface area contributed by atoms with Crippen molar-refractivity contribution < 1.29 is 4.79 Å². The highest BCUT2D eigenvalue weighted by atomic mass is 16.1. The van der Waals surface area contributed by atoms with E-state index in [1.165, 1.54) is 12.8 Å². The fraction of sp³-hybridized carbons (Fsp3) is 0.727. The molecule has 0 aromatic carbocycles. The lowest BCUT2D eigenvalue weighted by atomic mass is 9.98. The van der Waals surface area contributed by atoms with Gasteiger partial charge in [-0.2, -0.15) is 0 Å². The molecule has 2 rings (SSSR count). The fourth-order valence-electron chi connectivity index (χ4n) is 2.02. The zero-order valence-electron chi connectivity index (χ0n) is 8.39. The van der Waals surface area contributed by atoms with E-state index in [0.29, 0.717) is 6.42 Å². The van der Waals surface area contributed by atoms with E-state index in [9.17, 15) is 4.79 Å². The van der Waals surface area contributed by atoms with Crippen LogP contribution in [0.1, 0.15) is 39.5 Å². The van der Waals surface area contributed by atoms with Crippen molar-refractivity contribution in [3.8, 4) is 0 Å². The fourth-order valence-corrected chi connectivity index (χ4v) is 2.02. The molecule has 2 aliphatic rings. The summed E-state index contributed by atoms with van der Waals surface area (Å²) in [5, 5.41) is 3.49. The average Bonchev–Trinajstić information content (AvgIpc) is 2.78. The van der Waals surface area contributed by atoms with Gasteiger partial charge in [0.05, 0.1) is 0 Å². The minimum Gasteiger partial charge on any atom is -0.383 e. The summed E-state index contributed by atoms with van der Waals surface area (Å²) in [6, 6.07) is 0. The van der Waals surface area contributed by atoms with Crippen molar-refractivity contribution in [1.29, 1.82) is 0 Å². The number of hydrogen-bond donors (Lipinski definition) is 1. The van der Waals surface area contributed by atoms with Crippen LogP contribution >= 0.6 is 0 Å². The first-order chi connectivity index (χ1) is 6.08. The molecule has 0 saturated heterocycles. The number of hydrogen-bond acceptors (Lipinski definition) is 2. The molecular formula is C11H17NO. The maximum Gasteiger partial charge on any atom is 0.157 e. The molecular weight excluding hydrogens is 162 g/mol. The van der Waals surface area contributed by atoms with Crippen LogP contribution in [0.15, 0.2) is 11.8 Å². The van der Waals surface area contributed by atoms with Gasteiger partial charge >= 0.3 is 0 Å². The van der Waals surface area contributed by atoms with Crippen LogP contribution in [0.2, 0.25) is 0 Å².